The summed E-state index contributed by atoms with van der Waals surface area (Å²) < 4.78 is 7.37. The molecule has 1 N–H and O–H groups in total. The van der Waals surface area contributed by atoms with Crippen molar-refractivity contribution < 1.29 is 4.74 Å². The van der Waals surface area contributed by atoms with E-state index in [-0.39, 0.29) is 17.7 Å². The summed E-state index contributed by atoms with van der Waals surface area (Å²) in [4.78, 5) is 21.4. The molecule has 0 radical (unpaired) electrons. The van der Waals surface area contributed by atoms with Crippen molar-refractivity contribution in [2.75, 3.05) is 5.32 Å². The first-order chi connectivity index (χ1) is 12.5. The molecule has 1 aromatic carbocycles. The maximum Gasteiger partial charge on any atom is 0.294 e. The lowest BCUT2D eigenvalue weighted by Gasteiger charge is -2.15. The lowest BCUT2D eigenvalue weighted by atomic mass is 10.2. The number of hydrogen-bond acceptors (Lipinski definition) is 5. The molecule has 2 aromatic heterocycles. The van der Waals surface area contributed by atoms with Gasteiger partial charge in [0.25, 0.3) is 5.56 Å². The van der Waals surface area contributed by atoms with Crippen LogP contribution in [0.25, 0.3) is 11.0 Å². The van der Waals surface area contributed by atoms with Gasteiger partial charge in [-0.2, -0.15) is 0 Å². The Bertz CT molecular complexity index is 946. The Labute approximate surface area is 152 Å². The highest BCUT2D eigenvalue weighted by atomic mass is 16.5. The van der Waals surface area contributed by atoms with Crippen LogP contribution >= 0.6 is 0 Å². The highest BCUT2D eigenvalue weighted by Crippen LogP contribution is 2.17. The number of nitrogens with zero attached hydrogens (tertiary/aromatic N) is 3. The van der Waals surface area contributed by atoms with E-state index in [0.29, 0.717) is 12.4 Å². The second-order valence-electron chi connectivity index (χ2n) is 6.76. The maximum atomic E-state index is 12.8. The van der Waals surface area contributed by atoms with Gasteiger partial charge in [0, 0.05) is 18.8 Å². The molecule has 0 aliphatic rings. The number of nitrogens with one attached hydrogen (secondary N) is 1. The van der Waals surface area contributed by atoms with Gasteiger partial charge in [-0.05, 0) is 51.5 Å². The molecule has 0 spiro atoms. The van der Waals surface area contributed by atoms with Crippen molar-refractivity contribution in [2.45, 2.75) is 46.4 Å². The normalized spacial score (nSPS) is 11.3. The van der Waals surface area contributed by atoms with Crippen LogP contribution in [-0.2, 0) is 6.54 Å². The molecule has 0 aliphatic heterocycles. The van der Waals surface area contributed by atoms with Crippen molar-refractivity contribution in [3.05, 3.63) is 58.6 Å². The van der Waals surface area contributed by atoms with Gasteiger partial charge in [-0.25, -0.2) is 4.98 Å². The highest BCUT2D eigenvalue weighted by molar-refractivity contribution is 5.75. The Balaban J connectivity index is 1.85. The van der Waals surface area contributed by atoms with Crippen molar-refractivity contribution in [1.29, 1.82) is 0 Å². The molecule has 0 bridgehead atoms. The van der Waals surface area contributed by atoms with E-state index in [1.165, 1.54) is 0 Å². The SMILES string of the molecule is CC(C)Oc1ccc(CNc2nc3ccncc3n(C(C)C)c2=O)cc1. The number of fused-ring (bicyclic) bond motifs is 1. The number of aromatic nitrogens is 3. The van der Waals surface area contributed by atoms with Gasteiger partial charge in [0.2, 0.25) is 0 Å². The van der Waals surface area contributed by atoms with Gasteiger partial charge in [-0.3, -0.25) is 14.3 Å². The topological polar surface area (TPSA) is 69.0 Å². The summed E-state index contributed by atoms with van der Waals surface area (Å²) >= 11 is 0. The summed E-state index contributed by atoms with van der Waals surface area (Å²) in [7, 11) is 0. The summed E-state index contributed by atoms with van der Waals surface area (Å²) in [5.74, 6) is 1.18. The predicted molar refractivity (Wildman–Crippen MR) is 104 cm³/mol. The van der Waals surface area contributed by atoms with Gasteiger partial charge in [-0.1, -0.05) is 12.1 Å². The molecule has 0 amide bonds. The van der Waals surface area contributed by atoms with Crippen LogP contribution in [0.2, 0.25) is 0 Å². The number of anilines is 1. The fourth-order valence-corrected chi connectivity index (χ4v) is 2.82. The Morgan fingerprint density at radius 2 is 1.85 bits per heavy atom. The Kier molecular flexibility index (Phi) is 5.21. The van der Waals surface area contributed by atoms with Crippen LogP contribution in [0, 0.1) is 0 Å². The second-order valence-corrected chi connectivity index (χ2v) is 6.76. The first kappa shape index (κ1) is 17.9. The van der Waals surface area contributed by atoms with Crippen molar-refractivity contribution in [3.63, 3.8) is 0 Å². The number of benzene rings is 1. The van der Waals surface area contributed by atoms with Crippen LogP contribution in [0.1, 0.15) is 39.3 Å². The second kappa shape index (κ2) is 7.56. The molecule has 0 unspecified atom stereocenters. The number of pyridine rings is 1. The summed E-state index contributed by atoms with van der Waals surface area (Å²) in [6.45, 7) is 8.46. The summed E-state index contributed by atoms with van der Waals surface area (Å²) in [6.07, 6.45) is 3.51. The first-order valence-electron chi connectivity index (χ1n) is 8.81. The Hall–Kier alpha value is -2.89. The minimum Gasteiger partial charge on any atom is -0.491 e. The van der Waals surface area contributed by atoms with Crippen LogP contribution in [-0.4, -0.2) is 20.6 Å². The van der Waals surface area contributed by atoms with Gasteiger partial charge in [-0.15, -0.1) is 0 Å². The number of rotatable bonds is 6. The van der Waals surface area contributed by atoms with Crippen LogP contribution in [0.5, 0.6) is 5.75 Å². The van der Waals surface area contributed by atoms with Crippen molar-refractivity contribution in [3.8, 4) is 5.75 Å². The molecule has 6 nitrogen and oxygen atoms in total. The van der Waals surface area contributed by atoms with Gasteiger partial charge in [0.15, 0.2) is 5.82 Å². The zero-order chi connectivity index (χ0) is 18.7. The standard InChI is InChI=1S/C20H24N4O2/c1-13(2)24-18-12-21-10-9-17(18)23-19(20(24)25)22-11-15-5-7-16(8-6-15)26-14(3)4/h5-10,12-14H,11H2,1-4H3,(H,22,23). The molecule has 26 heavy (non-hydrogen) atoms. The van der Waals surface area contributed by atoms with Crippen molar-refractivity contribution in [2.24, 2.45) is 0 Å². The van der Waals surface area contributed by atoms with Crippen LogP contribution in [0.4, 0.5) is 5.82 Å². The lowest BCUT2D eigenvalue weighted by Crippen LogP contribution is -2.26. The summed E-state index contributed by atoms with van der Waals surface area (Å²) in [6, 6.07) is 9.67. The van der Waals surface area contributed by atoms with Gasteiger partial charge < -0.3 is 10.1 Å². The molecule has 0 saturated heterocycles. The molecule has 0 saturated carbocycles. The average Bonchev–Trinajstić information content (AvgIpc) is 2.60. The third-order valence-corrected chi connectivity index (χ3v) is 3.96. The number of ether oxygens (including phenoxy) is 1. The van der Waals surface area contributed by atoms with E-state index < -0.39 is 0 Å². The van der Waals surface area contributed by atoms with E-state index in [2.05, 4.69) is 15.3 Å². The predicted octanol–water partition coefficient (Wildman–Crippen LogP) is 3.77. The van der Waals surface area contributed by atoms with E-state index in [4.69, 9.17) is 4.74 Å². The summed E-state index contributed by atoms with van der Waals surface area (Å²) in [5, 5.41) is 3.17. The van der Waals surface area contributed by atoms with E-state index in [1.807, 2.05) is 58.0 Å². The molecular formula is C20H24N4O2. The Morgan fingerprint density at radius 3 is 2.50 bits per heavy atom. The van der Waals surface area contributed by atoms with E-state index in [0.717, 1.165) is 22.3 Å². The third-order valence-electron chi connectivity index (χ3n) is 3.96. The minimum absolute atomic E-state index is 0.0187. The molecular weight excluding hydrogens is 328 g/mol. The van der Waals surface area contributed by atoms with Crippen LogP contribution < -0.4 is 15.6 Å². The summed E-state index contributed by atoms with van der Waals surface area (Å²) in [5.41, 5.74) is 2.40. The zero-order valence-electron chi connectivity index (χ0n) is 15.6. The largest absolute Gasteiger partial charge is 0.491 e. The molecule has 3 rings (SSSR count). The molecule has 0 atom stereocenters. The molecule has 136 valence electrons. The van der Waals surface area contributed by atoms with E-state index in [9.17, 15) is 4.79 Å². The quantitative estimate of drug-likeness (QED) is 0.731. The fraction of sp³-hybridized carbons (Fsp3) is 0.350. The highest BCUT2D eigenvalue weighted by Gasteiger charge is 2.13. The van der Waals surface area contributed by atoms with Gasteiger partial charge in [0.05, 0.1) is 23.3 Å². The van der Waals surface area contributed by atoms with E-state index in [1.54, 1.807) is 17.0 Å². The van der Waals surface area contributed by atoms with Gasteiger partial charge >= 0.3 is 0 Å². The molecule has 6 heteroatoms. The van der Waals surface area contributed by atoms with Gasteiger partial charge in [0.1, 0.15) is 5.75 Å². The Morgan fingerprint density at radius 1 is 1.12 bits per heavy atom. The monoisotopic (exact) mass is 352 g/mol. The smallest absolute Gasteiger partial charge is 0.294 e. The van der Waals surface area contributed by atoms with E-state index >= 15 is 0 Å². The molecule has 3 aromatic rings. The number of hydrogen-bond donors (Lipinski definition) is 1. The zero-order valence-corrected chi connectivity index (χ0v) is 15.6. The van der Waals surface area contributed by atoms with Crippen molar-refractivity contribution >= 4 is 16.9 Å². The van der Waals surface area contributed by atoms with Crippen LogP contribution in [0.15, 0.2) is 47.5 Å². The molecule has 0 fully saturated rings. The van der Waals surface area contributed by atoms with Crippen molar-refractivity contribution in [1.82, 2.24) is 14.5 Å². The lowest BCUT2D eigenvalue weighted by molar-refractivity contribution is 0.242. The maximum absolute atomic E-state index is 12.8. The molecule has 0 aliphatic carbocycles. The van der Waals surface area contributed by atoms with Crippen LogP contribution in [0.3, 0.4) is 0 Å². The average molecular weight is 352 g/mol. The fourth-order valence-electron chi connectivity index (χ4n) is 2.82. The first-order valence-corrected chi connectivity index (χ1v) is 8.81. The third kappa shape index (κ3) is 3.85. The molecule has 2 heterocycles. The minimum atomic E-state index is -0.139.